The molecule has 0 aromatic carbocycles. The number of amides is 1. The molecule has 1 rings (SSSR count). The Morgan fingerprint density at radius 2 is 1.68 bits per heavy atom. The Morgan fingerprint density at radius 3 is 2.09 bits per heavy atom. The lowest BCUT2D eigenvalue weighted by atomic mass is 9.82. The maximum atomic E-state index is 12.0. The van der Waals surface area contributed by atoms with Crippen LogP contribution in [0.4, 0.5) is 4.79 Å². The summed E-state index contributed by atoms with van der Waals surface area (Å²) in [5, 5.41) is 0. The van der Waals surface area contributed by atoms with Gasteiger partial charge in [0.15, 0.2) is 0 Å². The smallest absolute Gasteiger partial charge is 0.410 e. The minimum Gasteiger partial charge on any atom is -0.444 e. The Balaban J connectivity index is 2.58. The van der Waals surface area contributed by atoms with E-state index in [2.05, 4.69) is 11.3 Å². The molecule has 1 saturated heterocycles. The lowest BCUT2D eigenvalue weighted by molar-refractivity contribution is 0.0168. The summed E-state index contributed by atoms with van der Waals surface area (Å²) in [6.07, 6.45) is 3.17. The van der Waals surface area contributed by atoms with Crippen molar-refractivity contribution >= 4 is 23.3 Å². The highest BCUT2D eigenvalue weighted by Crippen LogP contribution is 2.30. The first-order chi connectivity index (χ1) is 9.82. The van der Waals surface area contributed by atoms with Gasteiger partial charge in [-0.3, -0.25) is 0 Å². The van der Waals surface area contributed by atoms with E-state index in [0.717, 1.165) is 12.8 Å². The lowest BCUT2D eigenvalue weighted by Gasteiger charge is -2.37. The van der Waals surface area contributed by atoms with Crippen molar-refractivity contribution < 1.29 is 13.7 Å². The zero-order chi connectivity index (χ0) is 17.2. The highest BCUT2D eigenvalue weighted by atomic mass is 32.2. The van der Waals surface area contributed by atoms with Crippen LogP contribution in [0.2, 0.25) is 0 Å². The molecule has 1 fully saturated rings. The molecule has 22 heavy (non-hydrogen) atoms. The molecule has 0 spiro atoms. The minimum absolute atomic E-state index is 0.112. The topological polar surface area (TPSA) is 59.0 Å². The Kier molecular flexibility index (Phi) is 5.82. The second kappa shape index (κ2) is 6.69. The van der Waals surface area contributed by atoms with E-state index in [1.807, 2.05) is 47.8 Å². The third-order valence-corrected chi connectivity index (χ3v) is 4.89. The van der Waals surface area contributed by atoms with Crippen LogP contribution in [0.15, 0.2) is 4.40 Å². The van der Waals surface area contributed by atoms with E-state index >= 15 is 0 Å². The second-order valence-electron chi connectivity index (χ2n) is 8.22. The normalized spacial score (nSPS) is 21.0. The molecule has 1 aliphatic heterocycles. The molecule has 0 aromatic rings. The van der Waals surface area contributed by atoms with E-state index in [0.29, 0.717) is 13.1 Å². The highest BCUT2D eigenvalue weighted by molar-refractivity contribution is 7.85. The molecular formula is C16H30N2O3S. The summed E-state index contributed by atoms with van der Waals surface area (Å²) in [4.78, 5) is 13.8. The van der Waals surface area contributed by atoms with E-state index in [1.165, 1.54) is 0 Å². The van der Waals surface area contributed by atoms with Gasteiger partial charge in [0.25, 0.3) is 0 Å². The van der Waals surface area contributed by atoms with Gasteiger partial charge in [0.1, 0.15) is 16.6 Å². The Labute approximate surface area is 137 Å². The first-order valence-electron chi connectivity index (χ1n) is 7.78. The van der Waals surface area contributed by atoms with E-state index < -0.39 is 16.6 Å². The van der Waals surface area contributed by atoms with Crippen molar-refractivity contribution in [2.24, 2.45) is 9.81 Å². The van der Waals surface area contributed by atoms with Gasteiger partial charge >= 0.3 is 6.09 Å². The Bertz CT molecular complexity index is 453. The van der Waals surface area contributed by atoms with Crippen LogP contribution in [-0.4, -0.2) is 44.9 Å². The van der Waals surface area contributed by atoms with Gasteiger partial charge in [-0.15, -0.1) is 0 Å². The van der Waals surface area contributed by atoms with Gasteiger partial charge in [-0.25, -0.2) is 9.00 Å². The lowest BCUT2D eigenvalue weighted by Crippen LogP contribution is -2.45. The number of likely N-dealkylation sites (tertiary alicyclic amines) is 1. The molecular weight excluding hydrogens is 300 g/mol. The fraction of sp³-hybridized carbons (Fsp3) is 0.875. The molecule has 1 aliphatic rings. The molecule has 0 saturated carbocycles. The minimum atomic E-state index is -1.23. The van der Waals surface area contributed by atoms with Crippen LogP contribution in [0, 0.1) is 5.41 Å². The van der Waals surface area contributed by atoms with Crippen molar-refractivity contribution in [3.63, 3.8) is 0 Å². The summed E-state index contributed by atoms with van der Waals surface area (Å²) in [6.45, 7) is 14.7. The van der Waals surface area contributed by atoms with Crippen LogP contribution in [0.25, 0.3) is 0 Å². The van der Waals surface area contributed by atoms with Gasteiger partial charge in [-0.1, -0.05) is 6.92 Å². The molecule has 1 heterocycles. The van der Waals surface area contributed by atoms with Crippen molar-refractivity contribution in [3.05, 3.63) is 0 Å². The average molecular weight is 330 g/mol. The first kappa shape index (κ1) is 19.1. The van der Waals surface area contributed by atoms with E-state index in [9.17, 15) is 9.00 Å². The van der Waals surface area contributed by atoms with Gasteiger partial charge in [-0.05, 0) is 54.4 Å². The third-order valence-electron chi connectivity index (χ3n) is 3.54. The Morgan fingerprint density at radius 1 is 1.18 bits per heavy atom. The Hall–Kier alpha value is -0.910. The highest BCUT2D eigenvalue weighted by Gasteiger charge is 2.33. The van der Waals surface area contributed by atoms with Crippen LogP contribution >= 0.6 is 0 Å². The molecule has 1 amide bonds. The van der Waals surface area contributed by atoms with Crippen LogP contribution < -0.4 is 0 Å². The fourth-order valence-electron chi connectivity index (χ4n) is 1.99. The van der Waals surface area contributed by atoms with Crippen molar-refractivity contribution in [1.29, 1.82) is 0 Å². The molecule has 1 atom stereocenters. The summed E-state index contributed by atoms with van der Waals surface area (Å²) < 4.78 is 21.3. The molecule has 0 aromatic heterocycles. The maximum absolute atomic E-state index is 12.0. The number of carbonyl (C=O) groups is 1. The van der Waals surface area contributed by atoms with Crippen LogP contribution in [0.3, 0.4) is 0 Å². The third kappa shape index (κ3) is 6.07. The van der Waals surface area contributed by atoms with Gasteiger partial charge in [0, 0.05) is 24.7 Å². The molecule has 128 valence electrons. The van der Waals surface area contributed by atoms with Gasteiger partial charge in [-0.2, -0.15) is 4.40 Å². The molecule has 0 N–H and O–H groups in total. The predicted molar refractivity (Wildman–Crippen MR) is 91.5 cm³/mol. The SMILES string of the molecule is CC1(/C=N\S(=O)C(C)(C)C)CCN(C(=O)OC(C)(C)C)CC1. The number of rotatable bonds is 2. The quantitative estimate of drug-likeness (QED) is 0.727. The van der Waals surface area contributed by atoms with Crippen molar-refractivity contribution in [3.8, 4) is 0 Å². The summed E-state index contributed by atoms with van der Waals surface area (Å²) >= 11 is 0. The number of nitrogens with zero attached hydrogens (tertiary/aromatic N) is 2. The van der Waals surface area contributed by atoms with Gasteiger partial charge < -0.3 is 9.64 Å². The summed E-state index contributed by atoms with van der Waals surface area (Å²) in [6, 6.07) is 0. The molecule has 0 bridgehead atoms. The molecule has 1 unspecified atom stereocenters. The first-order valence-corrected chi connectivity index (χ1v) is 8.88. The summed E-state index contributed by atoms with van der Waals surface area (Å²) in [5.74, 6) is 0. The largest absolute Gasteiger partial charge is 0.444 e. The zero-order valence-electron chi connectivity index (χ0n) is 14.9. The standard InChI is InChI=1S/C16H30N2O3S/c1-14(2,3)21-13(19)18-10-8-16(7,9-11-18)12-17-22(20)15(4,5)6/h12H,8-11H2,1-7H3/b17-12-. The second-order valence-corrected chi connectivity index (χ2v) is 10.2. The van der Waals surface area contributed by atoms with Crippen LogP contribution in [0.1, 0.15) is 61.3 Å². The molecule has 6 heteroatoms. The summed E-state index contributed by atoms with van der Waals surface area (Å²) in [5.41, 5.74) is -0.581. The summed E-state index contributed by atoms with van der Waals surface area (Å²) in [7, 11) is -1.23. The van der Waals surface area contributed by atoms with Crippen LogP contribution in [-0.2, 0) is 15.7 Å². The number of carbonyl (C=O) groups excluding carboxylic acids is 1. The van der Waals surface area contributed by atoms with E-state index in [1.54, 1.807) is 4.90 Å². The average Bonchev–Trinajstić information content (AvgIpc) is 2.33. The number of hydrogen-bond acceptors (Lipinski definition) is 3. The van der Waals surface area contributed by atoms with E-state index in [-0.39, 0.29) is 16.3 Å². The van der Waals surface area contributed by atoms with Crippen LogP contribution in [0.5, 0.6) is 0 Å². The molecule has 0 radical (unpaired) electrons. The van der Waals surface area contributed by atoms with E-state index in [4.69, 9.17) is 4.74 Å². The zero-order valence-corrected chi connectivity index (χ0v) is 15.7. The maximum Gasteiger partial charge on any atom is 0.410 e. The molecule has 5 nitrogen and oxygen atoms in total. The molecule has 0 aliphatic carbocycles. The number of hydrogen-bond donors (Lipinski definition) is 0. The van der Waals surface area contributed by atoms with Gasteiger partial charge in [0.05, 0.1) is 4.75 Å². The predicted octanol–water partition coefficient (Wildman–Crippen LogP) is 3.56. The van der Waals surface area contributed by atoms with Crippen molar-refractivity contribution in [1.82, 2.24) is 4.90 Å². The monoisotopic (exact) mass is 330 g/mol. The van der Waals surface area contributed by atoms with Crippen molar-refractivity contribution in [2.75, 3.05) is 13.1 Å². The fourth-order valence-corrected chi connectivity index (χ4v) is 2.66. The number of ether oxygens (including phenoxy) is 1. The number of piperidine rings is 1. The van der Waals surface area contributed by atoms with Gasteiger partial charge in [0.2, 0.25) is 0 Å². The van der Waals surface area contributed by atoms with Crippen molar-refractivity contribution in [2.45, 2.75) is 71.7 Å².